The van der Waals surface area contributed by atoms with E-state index in [1.54, 1.807) is 0 Å². The SMILES string of the molecule is CC1(C)CC(=O)C2=C(C1)OC1=C(C(=O)CC(C)(C)C1)C2c1cc(Br)cc(Br)c1OCc1cccc2ccccc12. The van der Waals surface area contributed by atoms with Crippen molar-refractivity contribution in [1.29, 1.82) is 0 Å². The van der Waals surface area contributed by atoms with Crippen LogP contribution in [-0.2, 0) is 20.9 Å². The Morgan fingerprint density at radius 3 is 2.08 bits per heavy atom. The molecule has 3 aromatic rings. The average Bonchev–Trinajstić information content (AvgIpc) is 2.85. The molecule has 3 aromatic carbocycles. The summed E-state index contributed by atoms with van der Waals surface area (Å²) in [6.45, 7) is 8.74. The molecule has 3 aliphatic rings. The van der Waals surface area contributed by atoms with Crippen molar-refractivity contribution < 1.29 is 19.1 Å². The van der Waals surface area contributed by atoms with Crippen molar-refractivity contribution in [2.75, 3.05) is 0 Å². The molecule has 6 rings (SSSR count). The molecule has 0 fully saturated rings. The summed E-state index contributed by atoms with van der Waals surface area (Å²) in [5.74, 6) is 1.57. The predicted molar refractivity (Wildman–Crippen MR) is 164 cm³/mol. The van der Waals surface area contributed by atoms with E-state index >= 15 is 0 Å². The molecule has 0 spiro atoms. The van der Waals surface area contributed by atoms with E-state index in [0.29, 0.717) is 60.7 Å². The largest absolute Gasteiger partial charge is 0.487 e. The van der Waals surface area contributed by atoms with E-state index in [4.69, 9.17) is 9.47 Å². The first-order valence-electron chi connectivity index (χ1n) is 13.7. The van der Waals surface area contributed by atoms with E-state index in [0.717, 1.165) is 30.8 Å². The topological polar surface area (TPSA) is 52.6 Å². The van der Waals surface area contributed by atoms with Gasteiger partial charge in [-0.2, -0.15) is 0 Å². The second kappa shape index (κ2) is 9.99. The Morgan fingerprint density at radius 2 is 1.43 bits per heavy atom. The number of rotatable bonds is 4. The Morgan fingerprint density at radius 1 is 0.825 bits per heavy atom. The lowest BCUT2D eigenvalue weighted by Crippen LogP contribution is -2.37. The third-order valence-corrected chi connectivity index (χ3v) is 9.23. The highest BCUT2D eigenvalue weighted by Crippen LogP contribution is 2.55. The van der Waals surface area contributed by atoms with Gasteiger partial charge in [0.25, 0.3) is 0 Å². The number of allylic oxidation sites excluding steroid dienone is 4. The minimum absolute atomic E-state index is 0.0385. The quantitative estimate of drug-likeness (QED) is 0.279. The molecule has 206 valence electrons. The molecular weight excluding hydrogens is 632 g/mol. The van der Waals surface area contributed by atoms with Crippen LogP contribution in [0.4, 0.5) is 0 Å². The normalized spacial score (nSPS) is 20.4. The first kappa shape index (κ1) is 27.5. The number of hydrogen-bond acceptors (Lipinski definition) is 4. The van der Waals surface area contributed by atoms with Gasteiger partial charge in [0, 0.05) is 46.9 Å². The predicted octanol–water partition coefficient (Wildman–Crippen LogP) is 9.34. The summed E-state index contributed by atoms with van der Waals surface area (Å²) in [7, 11) is 0. The highest BCUT2D eigenvalue weighted by molar-refractivity contribution is 9.11. The van der Waals surface area contributed by atoms with Crippen molar-refractivity contribution in [2.24, 2.45) is 10.8 Å². The zero-order valence-corrected chi connectivity index (χ0v) is 26.4. The molecule has 2 aliphatic carbocycles. The Kier molecular flexibility index (Phi) is 6.86. The van der Waals surface area contributed by atoms with Gasteiger partial charge < -0.3 is 9.47 Å². The van der Waals surface area contributed by atoms with Gasteiger partial charge in [0.15, 0.2) is 11.6 Å². The van der Waals surface area contributed by atoms with Crippen LogP contribution in [0.3, 0.4) is 0 Å². The molecule has 0 radical (unpaired) electrons. The average molecular weight is 664 g/mol. The number of benzene rings is 3. The van der Waals surface area contributed by atoms with Crippen LogP contribution in [0, 0.1) is 10.8 Å². The van der Waals surface area contributed by atoms with Crippen LogP contribution >= 0.6 is 31.9 Å². The molecule has 1 heterocycles. The number of fused-ring (bicyclic) bond motifs is 1. The van der Waals surface area contributed by atoms with Gasteiger partial charge >= 0.3 is 0 Å². The number of carbonyl (C=O) groups excluding carboxylic acids is 2. The first-order chi connectivity index (χ1) is 18.9. The lowest BCUT2D eigenvalue weighted by molar-refractivity contribution is -0.120. The summed E-state index contributed by atoms with van der Waals surface area (Å²) >= 11 is 7.41. The van der Waals surface area contributed by atoms with Crippen molar-refractivity contribution in [3.05, 3.63) is 97.3 Å². The van der Waals surface area contributed by atoms with E-state index in [-0.39, 0.29) is 22.4 Å². The van der Waals surface area contributed by atoms with Crippen LogP contribution in [0.5, 0.6) is 5.75 Å². The number of ketones is 2. The van der Waals surface area contributed by atoms with Gasteiger partial charge in [-0.25, -0.2) is 0 Å². The fourth-order valence-electron chi connectivity index (χ4n) is 6.50. The molecule has 0 aromatic heterocycles. The van der Waals surface area contributed by atoms with Gasteiger partial charge in [-0.3, -0.25) is 9.59 Å². The maximum absolute atomic E-state index is 13.8. The summed E-state index contributed by atoms with van der Waals surface area (Å²) < 4.78 is 14.7. The monoisotopic (exact) mass is 662 g/mol. The summed E-state index contributed by atoms with van der Waals surface area (Å²) in [5, 5.41) is 2.29. The summed E-state index contributed by atoms with van der Waals surface area (Å²) in [5.41, 5.74) is 2.65. The Labute approximate surface area is 252 Å². The molecular formula is C34H32Br2O4. The molecule has 0 amide bonds. The van der Waals surface area contributed by atoms with Crippen LogP contribution in [0.15, 0.2) is 86.2 Å². The Bertz CT molecular complexity index is 1590. The van der Waals surface area contributed by atoms with Crippen molar-refractivity contribution >= 4 is 54.2 Å². The van der Waals surface area contributed by atoms with Crippen LogP contribution < -0.4 is 4.74 Å². The summed E-state index contributed by atoms with van der Waals surface area (Å²) in [4.78, 5) is 27.6. The lowest BCUT2D eigenvalue weighted by Gasteiger charge is -2.43. The maximum Gasteiger partial charge on any atom is 0.163 e. The van der Waals surface area contributed by atoms with Crippen LogP contribution in [-0.4, -0.2) is 11.6 Å². The number of Topliss-reactive ketones (excluding diaryl/α,β-unsaturated/α-hetero) is 2. The van der Waals surface area contributed by atoms with E-state index in [1.165, 1.54) is 0 Å². The van der Waals surface area contributed by atoms with Gasteiger partial charge in [-0.05, 0) is 55.2 Å². The molecule has 0 saturated carbocycles. The van der Waals surface area contributed by atoms with Gasteiger partial charge in [-0.15, -0.1) is 0 Å². The zero-order chi connectivity index (χ0) is 28.4. The molecule has 0 atom stereocenters. The van der Waals surface area contributed by atoms with Gasteiger partial charge in [0.1, 0.15) is 23.9 Å². The highest BCUT2D eigenvalue weighted by Gasteiger charge is 2.48. The van der Waals surface area contributed by atoms with Crippen molar-refractivity contribution in [3.63, 3.8) is 0 Å². The second-order valence-electron chi connectivity index (χ2n) is 12.8. The molecule has 40 heavy (non-hydrogen) atoms. The highest BCUT2D eigenvalue weighted by atomic mass is 79.9. The molecule has 4 nitrogen and oxygen atoms in total. The Hall–Kier alpha value is -2.70. The van der Waals surface area contributed by atoms with E-state index < -0.39 is 5.92 Å². The summed E-state index contributed by atoms with van der Waals surface area (Å²) in [6, 6.07) is 18.4. The summed E-state index contributed by atoms with van der Waals surface area (Å²) in [6.07, 6.45) is 2.12. The van der Waals surface area contributed by atoms with Gasteiger partial charge in [-0.1, -0.05) is 86.1 Å². The lowest BCUT2D eigenvalue weighted by atomic mass is 9.65. The van der Waals surface area contributed by atoms with Crippen molar-refractivity contribution in [3.8, 4) is 5.75 Å². The van der Waals surface area contributed by atoms with Crippen LogP contribution in [0.1, 0.15) is 70.4 Å². The third-order valence-electron chi connectivity index (χ3n) is 8.18. The zero-order valence-electron chi connectivity index (χ0n) is 23.2. The van der Waals surface area contributed by atoms with Crippen molar-refractivity contribution in [2.45, 2.75) is 65.9 Å². The van der Waals surface area contributed by atoms with Gasteiger partial charge in [0.05, 0.1) is 10.4 Å². The second-order valence-corrected chi connectivity index (χ2v) is 14.6. The fourth-order valence-corrected chi connectivity index (χ4v) is 7.87. The standard InChI is InChI=1S/C34H32Br2O4/c1-33(2)14-25(37)30-27(16-33)40-28-17-34(3,4)15-26(38)31(28)29(30)23-12-21(35)13-24(36)32(23)39-18-20-10-7-9-19-8-5-6-11-22(19)20/h5-13,29H,14-18H2,1-4H3. The number of carbonyl (C=O) groups is 2. The van der Waals surface area contributed by atoms with Crippen molar-refractivity contribution in [1.82, 2.24) is 0 Å². The fraction of sp³-hybridized carbons (Fsp3) is 0.353. The first-order valence-corrected chi connectivity index (χ1v) is 15.3. The van der Waals surface area contributed by atoms with E-state index in [2.05, 4.69) is 83.8 Å². The molecule has 0 saturated heterocycles. The molecule has 0 N–H and O–H groups in total. The molecule has 0 bridgehead atoms. The third kappa shape index (κ3) is 4.98. The number of halogens is 2. The van der Waals surface area contributed by atoms with Crippen LogP contribution in [0.25, 0.3) is 10.8 Å². The molecule has 0 unspecified atom stereocenters. The minimum Gasteiger partial charge on any atom is -0.487 e. The number of ether oxygens (including phenoxy) is 2. The molecule has 1 aliphatic heterocycles. The van der Waals surface area contributed by atoms with E-state index in [1.807, 2.05) is 30.3 Å². The maximum atomic E-state index is 13.8. The van der Waals surface area contributed by atoms with Gasteiger partial charge in [0.2, 0.25) is 0 Å². The van der Waals surface area contributed by atoms with E-state index in [9.17, 15) is 9.59 Å². The smallest absolute Gasteiger partial charge is 0.163 e. The molecule has 6 heteroatoms. The number of hydrogen-bond donors (Lipinski definition) is 0. The Balaban J connectivity index is 1.51. The van der Waals surface area contributed by atoms with Crippen LogP contribution in [0.2, 0.25) is 0 Å². The minimum atomic E-state index is -0.540.